The minimum atomic E-state index is -1.13. The number of carbonyl (C=O) groups is 3. The normalized spacial score (nSPS) is 22.7. The van der Waals surface area contributed by atoms with Crippen LogP contribution in [0.5, 0.6) is 5.75 Å². The van der Waals surface area contributed by atoms with E-state index in [0.29, 0.717) is 37.6 Å². The molecule has 0 aromatic heterocycles. The molecule has 146 valence electrons. The SMILES string of the molecule is COC(=O)C(C)(C)[C@@H]1c2cc(Br)ccc2OC(=O)[C@@H]1C(=O)N1CCOCC1. The van der Waals surface area contributed by atoms with Crippen molar-refractivity contribution in [3.63, 3.8) is 0 Å². The molecule has 1 fully saturated rings. The largest absolute Gasteiger partial charge is 0.469 e. The van der Waals surface area contributed by atoms with Crippen molar-refractivity contribution in [2.24, 2.45) is 11.3 Å². The topological polar surface area (TPSA) is 82.1 Å². The molecule has 1 aromatic carbocycles. The summed E-state index contributed by atoms with van der Waals surface area (Å²) in [5.74, 6) is -2.98. The van der Waals surface area contributed by atoms with Crippen molar-refractivity contribution in [3.8, 4) is 5.75 Å². The average molecular weight is 440 g/mol. The van der Waals surface area contributed by atoms with Gasteiger partial charge in [0.05, 0.1) is 25.7 Å². The van der Waals surface area contributed by atoms with Crippen LogP contribution in [0.2, 0.25) is 0 Å². The van der Waals surface area contributed by atoms with Gasteiger partial charge >= 0.3 is 11.9 Å². The van der Waals surface area contributed by atoms with Gasteiger partial charge in [-0.15, -0.1) is 0 Å². The van der Waals surface area contributed by atoms with E-state index in [4.69, 9.17) is 14.2 Å². The standard InChI is InChI=1S/C19H22BrNO6/c1-19(2,18(24)25-3)15-12-10-11(20)4-5-13(12)27-17(23)14(15)16(22)21-6-8-26-9-7-21/h4-5,10,14-15H,6-9H2,1-3H3/t14-,15+/m0/s1. The molecular weight excluding hydrogens is 418 g/mol. The van der Waals surface area contributed by atoms with E-state index in [1.54, 1.807) is 36.9 Å². The molecule has 0 N–H and O–H groups in total. The number of morpholine rings is 1. The second-order valence-corrected chi connectivity index (χ2v) is 8.13. The zero-order valence-electron chi connectivity index (χ0n) is 15.5. The maximum atomic E-state index is 13.2. The Morgan fingerprint density at radius 3 is 2.56 bits per heavy atom. The summed E-state index contributed by atoms with van der Waals surface area (Å²) in [6, 6.07) is 5.20. The van der Waals surface area contributed by atoms with Crippen molar-refractivity contribution < 1.29 is 28.6 Å². The smallest absolute Gasteiger partial charge is 0.324 e. The number of halogens is 1. The van der Waals surface area contributed by atoms with E-state index in [1.807, 2.05) is 0 Å². The Hall–Kier alpha value is -1.93. The van der Waals surface area contributed by atoms with Gasteiger partial charge in [-0.05, 0) is 32.0 Å². The predicted molar refractivity (Wildman–Crippen MR) is 99.2 cm³/mol. The van der Waals surface area contributed by atoms with Crippen molar-refractivity contribution >= 4 is 33.8 Å². The first kappa shape index (κ1) is 19.8. The van der Waals surface area contributed by atoms with E-state index in [-0.39, 0.29) is 5.91 Å². The molecule has 0 unspecified atom stereocenters. The number of nitrogens with zero attached hydrogens (tertiary/aromatic N) is 1. The van der Waals surface area contributed by atoms with Crippen molar-refractivity contribution in [1.82, 2.24) is 4.90 Å². The molecule has 2 atom stereocenters. The number of fused-ring (bicyclic) bond motifs is 1. The van der Waals surface area contributed by atoms with Gasteiger partial charge in [0.15, 0.2) is 0 Å². The van der Waals surface area contributed by atoms with Gasteiger partial charge in [0.1, 0.15) is 11.7 Å². The molecule has 1 saturated heterocycles. The lowest BCUT2D eigenvalue weighted by Crippen LogP contribution is -2.52. The van der Waals surface area contributed by atoms with Crippen LogP contribution in [0, 0.1) is 11.3 Å². The van der Waals surface area contributed by atoms with Gasteiger partial charge in [0, 0.05) is 29.0 Å². The second-order valence-electron chi connectivity index (χ2n) is 7.21. The van der Waals surface area contributed by atoms with Crippen LogP contribution in [0.3, 0.4) is 0 Å². The first-order valence-electron chi connectivity index (χ1n) is 8.73. The van der Waals surface area contributed by atoms with E-state index < -0.39 is 29.2 Å². The van der Waals surface area contributed by atoms with Crippen LogP contribution in [-0.4, -0.2) is 56.2 Å². The van der Waals surface area contributed by atoms with Crippen LogP contribution >= 0.6 is 15.9 Å². The number of methoxy groups -OCH3 is 1. The zero-order valence-corrected chi connectivity index (χ0v) is 17.1. The fourth-order valence-corrected chi connectivity index (χ4v) is 4.14. The molecule has 3 rings (SSSR count). The number of carbonyl (C=O) groups excluding carboxylic acids is 3. The van der Waals surface area contributed by atoms with Gasteiger partial charge in [0.25, 0.3) is 0 Å². The highest BCUT2D eigenvalue weighted by molar-refractivity contribution is 9.10. The Labute approximate surface area is 166 Å². The molecule has 0 radical (unpaired) electrons. The fraction of sp³-hybridized carbons (Fsp3) is 0.526. The van der Waals surface area contributed by atoms with Crippen molar-refractivity contribution in [3.05, 3.63) is 28.2 Å². The third kappa shape index (κ3) is 3.60. The number of hydrogen-bond acceptors (Lipinski definition) is 6. The number of ether oxygens (including phenoxy) is 3. The van der Waals surface area contributed by atoms with Crippen LogP contribution in [0.25, 0.3) is 0 Å². The molecule has 1 amide bonds. The third-order valence-corrected chi connectivity index (χ3v) is 5.68. The van der Waals surface area contributed by atoms with Crippen molar-refractivity contribution in [1.29, 1.82) is 0 Å². The van der Waals surface area contributed by atoms with E-state index in [9.17, 15) is 14.4 Å². The summed E-state index contributed by atoms with van der Waals surface area (Å²) in [5.41, 5.74) is -0.484. The van der Waals surface area contributed by atoms with Gasteiger partial charge in [-0.25, -0.2) is 0 Å². The fourth-order valence-electron chi connectivity index (χ4n) is 3.76. The van der Waals surface area contributed by atoms with Crippen LogP contribution in [0.15, 0.2) is 22.7 Å². The number of benzene rings is 1. The molecule has 0 bridgehead atoms. The number of rotatable bonds is 3. The lowest BCUT2D eigenvalue weighted by Gasteiger charge is -2.41. The Morgan fingerprint density at radius 1 is 1.26 bits per heavy atom. The highest BCUT2D eigenvalue weighted by Gasteiger charge is 2.54. The maximum Gasteiger partial charge on any atom is 0.324 e. The lowest BCUT2D eigenvalue weighted by molar-refractivity contribution is -0.161. The summed E-state index contributed by atoms with van der Waals surface area (Å²) in [7, 11) is 1.30. The Balaban J connectivity index is 2.10. The summed E-state index contributed by atoms with van der Waals surface area (Å²) in [6.45, 7) is 5.01. The molecule has 0 spiro atoms. The van der Waals surface area contributed by atoms with E-state index in [0.717, 1.165) is 4.47 Å². The van der Waals surface area contributed by atoms with Crippen LogP contribution in [-0.2, 0) is 23.9 Å². The number of hydrogen-bond donors (Lipinski definition) is 0. The lowest BCUT2D eigenvalue weighted by atomic mass is 9.66. The molecule has 7 nitrogen and oxygen atoms in total. The van der Waals surface area contributed by atoms with Gasteiger partial charge in [-0.2, -0.15) is 0 Å². The summed E-state index contributed by atoms with van der Waals surface area (Å²) in [5, 5.41) is 0. The summed E-state index contributed by atoms with van der Waals surface area (Å²) < 4.78 is 16.5. The molecule has 8 heteroatoms. The second kappa shape index (κ2) is 7.59. The van der Waals surface area contributed by atoms with Crippen LogP contribution < -0.4 is 4.74 Å². The minimum Gasteiger partial charge on any atom is -0.469 e. The number of esters is 2. The van der Waals surface area contributed by atoms with E-state index in [2.05, 4.69) is 15.9 Å². The quantitative estimate of drug-likeness (QED) is 0.407. The molecule has 1 aromatic rings. The molecule has 2 aliphatic heterocycles. The van der Waals surface area contributed by atoms with Crippen LogP contribution in [0.4, 0.5) is 0 Å². The van der Waals surface area contributed by atoms with Gasteiger partial charge in [-0.1, -0.05) is 15.9 Å². The van der Waals surface area contributed by atoms with E-state index >= 15 is 0 Å². The number of amides is 1. The Bertz CT molecular complexity index is 771. The van der Waals surface area contributed by atoms with Crippen LogP contribution in [0.1, 0.15) is 25.3 Å². The molecule has 2 heterocycles. The van der Waals surface area contributed by atoms with Gasteiger partial charge in [-0.3, -0.25) is 14.4 Å². The van der Waals surface area contributed by atoms with E-state index in [1.165, 1.54) is 7.11 Å². The summed E-state index contributed by atoms with van der Waals surface area (Å²) >= 11 is 3.42. The maximum absolute atomic E-state index is 13.2. The first-order chi connectivity index (χ1) is 12.8. The van der Waals surface area contributed by atoms with Gasteiger partial charge < -0.3 is 19.1 Å². The van der Waals surface area contributed by atoms with Gasteiger partial charge in [0.2, 0.25) is 5.91 Å². The monoisotopic (exact) mass is 439 g/mol. The predicted octanol–water partition coefficient (Wildman–Crippen LogP) is 2.13. The minimum absolute atomic E-state index is 0.351. The highest BCUT2D eigenvalue weighted by Crippen LogP contribution is 2.49. The summed E-state index contributed by atoms with van der Waals surface area (Å²) in [6.07, 6.45) is 0. The average Bonchev–Trinajstić information content (AvgIpc) is 2.66. The zero-order chi connectivity index (χ0) is 19.8. The van der Waals surface area contributed by atoms with Crippen molar-refractivity contribution in [2.75, 3.05) is 33.4 Å². The Morgan fingerprint density at radius 2 is 1.93 bits per heavy atom. The van der Waals surface area contributed by atoms with Crippen molar-refractivity contribution in [2.45, 2.75) is 19.8 Å². The molecule has 2 aliphatic rings. The first-order valence-corrected chi connectivity index (χ1v) is 9.52. The molecule has 0 saturated carbocycles. The summed E-state index contributed by atoms with van der Waals surface area (Å²) in [4.78, 5) is 40.2. The molecule has 0 aliphatic carbocycles. The third-order valence-electron chi connectivity index (χ3n) is 5.18. The molecular formula is C19H22BrNO6. The highest BCUT2D eigenvalue weighted by atomic mass is 79.9. The molecule has 27 heavy (non-hydrogen) atoms. The Kier molecular flexibility index (Phi) is 5.58.